The Kier molecular flexibility index (Phi) is 7.72. The predicted molar refractivity (Wildman–Crippen MR) is 116 cm³/mol. The lowest BCUT2D eigenvalue weighted by molar-refractivity contribution is -0.139. The van der Waals surface area contributed by atoms with Crippen molar-refractivity contribution in [3.63, 3.8) is 0 Å². The van der Waals surface area contributed by atoms with Crippen molar-refractivity contribution in [1.82, 2.24) is 10.6 Å². The molecule has 32 heavy (non-hydrogen) atoms. The quantitative estimate of drug-likeness (QED) is 0.331. The zero-order chi connectivity index (χ0) is 23.1. The Hall–Kier alpha value is -3.52. The summed E-state index contributed by atoms with van der Waals surface area (Å²) in [5.74, 6) is -2.09. The topological polar surface area (TPSA) is 133 Å². The average Bonchev–Trinajstić information content (AvgIpc) is 3.15. The molecule has 1 saturated heterocycles. The fourth-order valence-corrected chi connectivity index (χ4v) is 3.67. The Bertz CT molecular complexity index is 1000. The molecule has 1 unspecified atom stereocenters. The van der Waals surface area contributed by atoms with Crippen molar-refractivity contribution >= 4 is 23.4 Å². The van der Waals surface area contributed by atoms with E-state index in [4.69, 9.17) is 5.11 Å². The number of amides is 1. The summed E-state index contributed by atoms with van der Waals surface area (Å²) in [5.41, 5.74) is 1.56. The number of benzene rings is 2. The van der Waals surface area contributed by atoms with Gasteiger partial charge in [0.1, 0.15) is 18.0 Å². The molecule has 2 aromatic carbocycles. The van der Waals surface area contributed by atoms with Gasteiger partial charge in [0.2, 0.25) is 0 Å². The van der Waals surface area contributed by atoms with Crippen LogP contribution in [0.3, 0.4) is 0 Å². The molecule has 8 nitrogen and oxygen atoms in total. The van der Waals surface area contributed by atoms with E-state index in [1.54, 1.807) is 30.3 Å². The van der Waals surface area contributed by atoms with Gasteiger partial charge in [-0.05, 0) is 43.0 Å². The van der Waals surface area contributed by atoms with E-state index in [0.29, 0.717) is 12.8 Å². The van der Waals surface area contributed by atoms with Gasteiger partial charge >= 0.3 is 5.97 Å². The molecule has 2 aromatic rings. The lowest BCUT2D eigenvalue weighted by atomic mass is 9.98. The maximum Gasteiger partial charge on any atom is 0.321 e. The standard InChI is InChI=1S/C24H26N2O6/c27-16-12-10-15(11-13-16)6-2-1-3-9-20(28)17-7-4-5-8-18(17)23(30)26-22-21(29)14-19(25-22)24(31)32/h4-5,7-8,10-13,19,22,25,27H,1-3,6,9,14H2,(H,26,30)(H,31,32)/t19-,22?/m0/s1. The first-order chi connectivity index (χ1) is 15.3. The molecule has 0 radical (unpaired) electrons. The van der Waals surface area contributed by atoms with Crippen molar-refractivity contribution in [1.29, 1.82) is 0 Å². The van der Waals surface area contributed by atoms with Gasteiger partial charge in [0.05, 0.1) is 5.56 Å². The highest BCUT2D eigenvalue weighted by molar-refractivity contribution is 6.09. The van der Waals surface area contributed by atoms with Crippen LogP contribution < -0.4 is 10.6 Å². The van der Waals surface area contributed by atoms with Crippen molar-refractivity contribution in [2.45, 2.75) is 50.7 Å². The molecule has 1 amide bonds. The number of hydrogen-bond acceptors (Lipinski definition) is 6. The van der Waals surface area contributed by atoms with E-state index < -0.39 is 29.9 Å². The molecule has 1 fully saturated rings. The second kappa shape index (κ2) is 10.7. The number of carboxylic acid groups (broad SMARTS) is 1. The van der Waals surface area contributed by atoms with E-state index in [1.807, 2.05) is 12.1 Å². The summed E-state index contributed by atoms with van der Waals surface area (Å²) in [5, 5.41) is 23.4. The Morgan fingerprint density at radius 1 is 0.969 bits per heavy atom. The monoisotopic (exact) mass is 438 g/mol. The highest BCUT2D eigenvalue weighted by Gasteiger charge is 2.37. The number of hydrogen-bond donors (Lipinski definition) is 4. The minimum Gasteiger partial charge on any atom is -0.508 e. The molecule has 2 atom stereocenters. The first-order valence-electron chi connectivity index (χ1n) is 10.6. The van der Waals surface area contributed by atoms with Gasteiger partial charge < -0.3 is 15.5 Å². The van der Waals surface area contributed by atoms with Gasteiger partial charge in [-0.2, -0.15) is 0 Å². The van der Waals surface area contributed by atoms with Crippen molar-refractivity contribution < 1.29 is 29.4 Å². The van der Waals surface area contributed by atoms with Crippen molar-refractivity contribution in [2.75, 3.05) is 0 Å². The lowest BCUT2D eigenvalue weighted by Gasteiger charge is -2.14. The van der Waals surface area contributed by atoms with Crippen LogP contribution in [0.5, 0.6) is 5.75 Å². The third kappa shape index (κ3) is 6.01. The molecule has 4 N–H and O–H groups in total. The SMILES string of the molecule is O=C(CCCCCc1ccc(O)cc1)c1ccccc1C(=O)NC1N[C@H](C(=O)O)CC1=O. The van der Waals surface area contributed by atoms with Crippen LogP contribution in [0, 0.1) is 0 Å². The molecular formula is C24H26N2O6. The summed E-state index contributed by atoms with van der Waals surface area (Å²) in [4.78, 5) is 48.4. The minimum absolute atomic E-state index is 0.158. The number of aliphatic carboxylic acids is 1. The maximum absolute atomic E-state index is 12.7. The molecule has 1 aliphatic rings. The van der Waals surface area contributed by atoms with Crippen molar-refractivity contribution in [3.8, 4) is 5.75 Å². The number of phenolic OH excluding ortho intramolecular Hbond substituents is 1. The number of rotatable bonds is 10. The van der Waals surface area contributed by atoms with E-state index in [2.05, 4.69) is 10.6 Å². The van der Waals surface area contributed by atoms with E-state index in [0.717, 1.165) is 24.8 Å². The van der Waals surface area contributed by atoms with Crippen LogP contribution in [-0.2, 0) is 16.0 Å². The number of aromatic hydroxyl groups is 1. The average molecular weight is 438 g/mol. The Balaban J connectivity index is 1.51. The van der Waals surface area contributed by atoms with Gasteiger partial charge in [0, 0.05) is 18.4 Å². The normalized spacial score (nSPS) is 17.8. The van der Waals surface area contributed by atoms with Gasteiger partial charge in [-0.3, -0.25) is 24.5 Å². The first-order valence-corrected chi connectivity index (χ1v) is 10.6. The molecule has 168 valence electrons. The van der Waals surface area contributed by atoms with Gasteiger partial charge in [0.25, 0.3) is 5.91 Å². The van der Waals surface area contributed by atoms with E-state index >= 15 is 0 Å². The zero-order valence-corrected chi connectivity index (χ0v) is 17.5. The zero-order valence-electron chi connectivity index (χ0n) is 17.5. The fraction of sp³-hybridized carbons (Fsp3) is 0.333. The number of phenols is 1. The number of unbranched alkanes of at least 4 members (excludes halogenated alkanes) is 2. The van der Waals surface area contributed by atoms with Crippen LogP contribution in [0.1, 0.15) is 58.4 Å². The number of carboxylic acids is 1. The molecule has 0 aromatic heterocycles. The highest BCUT2D eigenvalue weighted by atomic mass is 16.4. The van der Waals surface area contributed by atoms with Gasteiger partial charge in [-0.1, -0.05) is 36.8 Å². The van der Waals surface area contributed by atoms with E-state index in [-0.39, 0.29) is 29.1 Å². The molecule has 1 aliphatic heterocycles. The van der Waals surface area contributed by atoms with Gasteiger partial charge in [0.15, 0.2) is 11.6 Å². The molecular weight excluding hydrogens is 412 g/mol. The minimum atomic E-state index is -1.16. The number of carbonyl (C=O) groups excluding carboxylic acids is 3. The van der Waals surface area contributed by atoms with E-state index in [1.165, 1.54) is 6.07 Å². The summed E-state index contributed by atoms with van der Waals surface area (Å²) < 4.78 is 0. The van der Waals surface area contributed by atoms with Crippen LogP contribution in [0.15, 0.2) is 48.5 Å². The summed E-state index contributed by atoms with van der Waals surface area (Å²) in [6, 6.07) is 12.4. The largest absolute Gasteiger partial charge is 0.508 e. The number of ketones is 2. The van der Waals surface area contributed by atoms with Gasteiger partial charge in [-0.25, -0.2) is 0 Å². The van der Waals surface area contributed by atoms with Crippen molar-refractivity contribution in [2.24, 2.45) is 0 Å². The predicted octanol–water partition coefficient (Wildman–Crippen LogP) is 2.45. The molecule has 0 spiro atoms. The van der Waals surface area contributed by atoms with Crippen LogP contribution in [0.2, 0.25) is 0 Å². The highest BCUT2D eigenvalue weighted by Crippen LogP contribution is 2.17. The smallest absolute Gasteiger partial charge is 0.321 e. The van der Waals surface area contributed by atoms with E-state index in [9.17, 15) is 24.3 Å². The fourth-order valence-electron chi connectivity index (χ4n) is 3.67. The third-order valence-corrected chi connectivity index (χ3v) is 5.45. The number of nitrogens with one attached hydrogen (secondary N) is 2. The second-order valence-corrected chi connectivity index (χ2v) is 7.83. The molecule has 8 heteroatoms. The Morgan fingerprint density at radius 2 is 1.66 bits per heavy atom. The summed E-state index contributed by atoms with van der Waals surface area (Å²) in [7, 11) is 0. The lowest BCUT2D eigenvalue weighted by Crippen LogP contribution is -2.48. The molecule has 3 rings (SSSR count). The number of Topliss-reactive ketones (excluding diaryl/α,β-unsaturated/α-hetero) is 2. The molecule has 0 aliphatic carbocycles. The molecule has 0 saturated carbocycles. The summed E-state index contributed by atoms with van der Waals surface area (Å²) in [6.07, 6.45) is 2.28. The van der Waals surface area contributed by atoms with Crippen LogP contribution in [0.4, 0.5) is 0 Å². The Morgan fingerprint density at radius 3 is 2.31 bits per heavy atom. The second-order valence-electron chi connectivity index (χ2n) is 7.83. The summed E-state index contributed by atoms with van der Waals surface area (Å²) in [6.45, 7) is 0. The number of carbonyl (C=O) groups is 4. The van der Waals surface area contributed by atoms with Gasteiger partial charge in [-0.15, -0.1) is 0 Å². The van der Waals surface area contributed by atoms with Crippen LogP contribution in [-0.4, -0.2) is 45.9 Å². The number of aryl methyl sites for hydroxylation is 1. The van der Waals surface area contributed by atoms with Crippen molar-refractivity contribution in [3.05, 3.63) is 65.2 Å². The van der Waals surface area contributed by atoms with Crippen LogP contribution in [0.25, 0.3) is 0 Å². The Labute approximate surface area is 185 Å². The third-order valence-electron chi connectivity index (χ3n) is 5.45. The van der Waals surface area contributed by atoms with Crippen LogP contribution >= 0.6 is 0 Å². The molecule has 0 bridgehead atoms. The molecule has 1 heterocycles. The summed E-state index contributed by atoms with van der Waals surface area (Å²) >= 11 is 0. The first kappa shape index (κ1) is 23.1. The maximum atomic E-state index is 12.7.